The van der Waals surface area contributed by atoms with Crippen LogP contribution in [0.3, 0.4) is 0 Å². The minimum Gasteiger partial charge on any atom is -0.372 e. The zero-order chi connectivity index (χ0) is 21.3. The fourth-order valence-corrected chi connectivity index (χ4v) is 3.89. The van der Waals surface area contributed by atoms with Crippen molar-refractivity contribution in [3.05, 3.63) is 90.0 Å². The second-order valence-corrected chi connectivity index (χ2v) is 8.75. The summed E-state index contributed by atoms with van der Waals surface area (Å²) in [5, 5.41) is 0. The van der Waals surface area contributed by atoms with E-state index in [2.05, 4.69) is 25.0 Å². The maximum Gasteiger partial charge on any atom is 0.244 e. The van der Waals surface area contributed by atoms with Gasteiger partial charge >= 0.3 is 0 Å². The number of aryl methyl sites for hydroxylation is 1. The Hall–Kier alpha value is -2.65. The van der Waals surface area contributed by atoms with Crippen molar-refractivity contribution in [1.29, 1.82) is 0 Å². The summed E-state index contributed by atoms with van der Waals surface area (Å²) in [6.07, 6.45) is 1.56. The van der Waals surface area contributed by atoms with Gasteiger partial charge in [0.2, 0.25) is 10.0 Å². The Morgan fingerprint density at radius 3 is 2.52 bits per heavy atom. The average molecular weight is 410 g/mol. The molecule has 0 aliphatic rings. The Morgan fingerprint density at radius 1 is 1.17 bits per heavy atom. The smallest absolute Gasteiger partial charge is 0.244 e. The number of hydrogen-bond donors (Lipinski definition) is 0. The van der Waals surface area contributed by atoms with Crippen LogP contribution in [0, 0.1) is 18.8 Å². The van der Waals surface area contributed by atoms with E-state index in [1.54, 1.807) is 30.3 Å². The van der Waals surface area contributed by atoms with E-state index >= 15 is 0 Å². The van der Waals surface area contributed by atoms with Gasteiger partial charge in [0, 0.05) is 12.1 Å². The highest BCUT2D eigenvalue weighted by Crippen LogP contribution is 2.16. The summed E-state index contributed by atoms with van der Waals surface area (Å²) in [4.78, 5) is 0.250. The highest BCUT2D eigenvalue weighted by atomic mass is 32.2. The van der Waals surface area contributed by atoms with Gasteiger partial charge in [-0.05, 0) is 37.6 Å². The minimum absolute atomic E-state index is 0.0726. The Bertz CT molecular complexity index is 1010. The van der Waals surface area contributed by atoms with E-state index in [1.165, 1.54) is 4.31 Å². The molecule has 0 saturated carbocycles. The molecule has 5 heteroatoms. The van der Waals surface area contributed by atoms with Crippen molar-refractivity contribution >= 4 is 10.0 Å². The van der Waals surface area contributed by atoms with Crippen LogP contribution in [0.5, 0.6) is 0 Å². The van der Waals surface area contributed by atoms with E-state index in [0.717, 1.165) is 22.3 Å². The predicted octanol–water partition coefficient (Wildman–Crippen LogP) is 4.32. The van der Waals surface area contributed by atoms with Crippen LogP contribution >= 0.6 is 0 Å². The molecule has 0 bridgehead atoms. The molecule has 0 aliphatic heterocycles. The summed E-state index contributed by atoms with van der Waals surface area (Å²) in [7, 11) is -3.64. The second kappa shape index (κ2) is 10.8. The Balaban J connectivity index is 2.18. The van der Waals surface area contributed by atoms with Crippen LogP contribution in [0.1, 0.15) is 23.6 Å². The van der Waals surface area contributed by atoms with Gasteiger partial charge < -0.3 is 4.74 Å². The molecular weight excluding hydrogens is 382 g/mol. The molecule has 2 rings (SSSR count). The molecule has 2 aromatic rings. The monoisotopic (exact) mass is 409 g/mol. The molecular formula is C24H27NO3S. The second-order valence-electron chi connectivity index (χ2n) is 6.81. The molecule has 0 heterocycles. The van der Waals surface area contributed by atoms with Gasteiger partial charge in [0.1, 0.15) is 0 Å². The fraction of sp³-hybridized carbons (Fsp3) is 0.250. The molecule has 0 unspecified atom stereocenters. The first-order chi connectivity index (χ1) is 13.8. The molecule has 0 aliphatic carbocycles. The van der Waals surface area contributed by atoms with Gasteiger partial charge in [-0.1, -0.05) is 66.0 Å². The van der Waals surface area contributed by atoms with Crippen LogP contribution in [0.2, 0.25) is 0 Å². The summed E-state index contributed by atoms with van der Waals surface area (Å²) in [6, 6.07) is 14.5. The lowest BCUT2D eigenvalue weighted by Gasteiger charge is -2.18. The quantitative estimate of drug-likeness (QED) is 0.458. The van der Waals surface area contributed by atoms with Crippen molar-refractivity contribution in [1.82, 2.24) is 4.31 Å². The lowest BCUT2D eigenvalue weighted by atomic mass is 10.1. The van der Waals surface area contributed by atoms with Crippen molar-refractivity contribution < 1.29 is 13.2 Å². The van der Waals surface area contributed by atoms with E-state index in [4.69, 9.17) is 4.74 Å². The molecule has 29 heavy (non-hydrogen) atoms. The Kier molecular flexibility index (Phi) is 8.41. The van der Waals surface area contributed by atoms with E-state index in [9.17, 15) is 8.42 Å². The van der Waals surface area contributed by atoms with Gasteiger partial charge in [-0.15, -0.1) is 6.58 Å². The molecule has 0 radical (unpaired) electrons. The molecule has 0 aromatic heterocycles. The number of rotatable bonds is 9. The van der Waals surface area contributed by atoms with Gasteiger partial charge in [0.05, 0.1) is 24.7 Å². The maximum atomic E-state index is 12.9. The summed E-state index contributed by atoms with van der Waals surface area (Å²) < 4.78 is 32.8. The number of ether oxygens (including phenoxy) is 1. The van der Waals surface area contributed by atoms with Crippen molar-refractivity contribution in [2.24, 2.45) is 0 Å². The SMILES string of the molecule is C=CCN(CC#Cc1ccccc1COCC(=C)C)S(=O)(=O)c1ccc(C)cc1. The van der Waals surface area contributed by atoms with E-state index in [-0.39, 0.29) is 18.0 Å². The molecule has 4 nitrogen and oxygen atoms in total. The van der Waals surface area contributed by atoms with E-state index in [1.807, 2.05) is 38.1 Å². The zero-order valence-corrected chi connectivity index (χ0v) is 17.8. The minimum atomic E-state index is -3.64. The van der Waals surface area contributed by atoms with Crippen molar-refractivity contribution in [3.8, 4) is 11.8 Å². The Morgan fingerprint density at radius 2 is 1.86 bits per heavy atom. The molecule has 0 N–H and O–H groups in total. The summed E-state index contributed by atoms with van der Waals surface area (Å²) in [5.41, 5.74) is 3.73. The fourth-order valence-electron chi connectivity index (χ4n) is 2.58. The molecule has 0 fully saturated rings. The number of nitrogens with zero attached hydrogens (tertiary/aromatic N) is 1. The lowest BCUT2D eigenvalue weighted by Crippen LogP contribution is -2.31. The van der Waals surface area contributed by atoms with Gasteiger partial charge in [-0.3, -0.25) is 0 Å². The van der Waals surface area contributed by atoms with Gasteiger partial charge in [0.15, 0.2) is 0 Å². The van der Waals surface area contributed by atoms with Gasteiger partial charge in [-0.25, -0.2) is 8.42 Å². The average Bonchev–Trinajstić information content (AvgIpc) is 2.68. The van der Waals surface area contributed by atoms with Crippen LogP contribution in [0.4, 0.5) is 0 Å². The zero-order valence-electron chi connectivity index (χ0n) is 17.0. The molecule has 0 atom stereocenters. The topological polar surface area (TPSA) is 46.6 Å². The largest absolute Gasteiger partial charge is 0.372 e. The van der Waals surface area contributed by atoms with Crippen molar-refractivity contribution in [2.75, 3.05) is 19.7 Å². The predicted molar refractivity (Wildman–Crippen MR) is 118 cm³/mol. The summed E-state index contributed by atoms with van der Waals surface area (Å²) in [6.45, 7) is 12.5. The summed E-state index contributed by atoms with van der Waals surface area (Å²) in [5.74, 6) is 6.07. The van der Waals surface area contributed by atoms with Gasteiger partial charge in [-0.2, -0.15) is 4.31 Å². The van der Waals surface area contributed by atoms with Gasteiger partial charge in [0.25, 0.3) is 0 Å². The molecule has 0 amide bonds. The Labute approximate surface area is 174 Å². The third-order valence-corrected chi connectivity index (χ3v) is 5.92. The van der Waals surface area contributed by atoms with E-state index < -0.39 is 10.0 Å². The van der Waals surface area contributed by atoms with Crippen molar-refractivity contribution in [2.45, 2.75) is 25.3 Å². The molecule has 2 aromatic carbocycles. The number of benzene rings is 2. The van der Waals surface area contributed by atoms with Crippen LogP contribution in [0.25, 0.3) is 0 Å². The molecule has 0 saturated heterocycles. The van der Waals surface area contributed by atoms with E-state index in [0.29, 0.717) is 13.2 Å². The van der Waals surface area contributed by atoms with Crippen LogP contribution in [-0.4, -0.2) is 32.4 Å². The maximum absolute atomic E-state index is 12.9. The molecule has 0 spiro atoms. The van der Waals surface area contributed by atoms with Crippen molar-refractivity contribution in [3.63, 3.8) is 0 Å². The van der Waals surface area contributed by atoms with Crippen LogP contribution in [-0.2, 0) is 21.4 Å². The van der Waals surface area contributed by atoms with Crippen LogP contribution in [0.15, 0.2) is 78.2 Å². The first-order valence-electron chi connectivity index (χ1n) is 9.31. The third-order valence-electron chi connectivity index (χ3n) is 4.09. The molecule has 152 valence electrons. The number of sulfonamides is 1. The lowest BCUT2D eigenvalue weighted by molar-refractivity contribution is 0.142. The third kappa shape index (κ3) is 6.72. The number of hydrogen-bond acceptors (Lipinski definition) is 3. The van der Waals surface area contributed by atoms with Crippen LogP contribution < -0.4 is 0 Å². The first kappa shape index (κ1) is 22.6. The summed E-state index contributed by atoms with van der Waals surface area (Å²) >= 11 is 0. The standard InChI is InChI=1S/C24H27NO3S/c1-5-16-25(29(26,27)24-14-12-21(4)13-15-24)17-8-11-22-9-6-7-10-23(22)19-28-18-20(2)3/h5-7,9-10,12-15H,1-2,16-19H2,3-4H3. The normalized spacial score (nSPS) is 11.0. The highest BCUT2D eigenvalue weighted by Gasteiger charge is 2.22. The first-order valence-corrected chi connectivity index (χ1v) is 10.7. The highest BCUT2D eigenvalue weighted by molar-refractivity contribution is 7.89.